The van der Waals surface area contributed by atoms with Gasteiger partial charge in [0.25, 0.3) is 0 Å². The lowest BCUT2D eigenvalue weighted by Gasteiger charge is -2.42. The molecule has 1 unspecified atom stereocenters. The van der Waals surface area contributed by atoms with E-state index < -0.39 is 21.9 Å². The van der Waals surface area contributed by atoms with E-state index >= 15 is 0 Å². The van der Waals surface area contributed by atoms with Crippen LogP contribution in [0.4, 0.5) is 16.2 Å². The fourth-order valence-corrected chi connectivity index (χ4v) is 5.61. The monoisotopic (exact) mass is 552 g/mol. The number of aliphatic hydroxyl groups excluding tert-OH is 1. The normalized spacial score (nSPS) is 19.3. The van der Waals surface area contributed by atoms with Crippen LogP contribution in [-0.2, 0) is 14.9 Å². The number of carbonyl (C=O) groups is 2. The van der Waals surface area contributed by atoms with E-state index in [1.165, 1.54) is 18.2 Å². The van der Waals surface area contributed by atoms with E-state index in [9.17, 15) is 25.1 Å². The highest BCUT2D eigenvalue weighted by Crippen LogP contribution is 2.47. The highest BCUT2D eigenvalue weighted by molar-refractivity contribution is 7.98. The average Bonchev–Trinajstić information content (AvgIpc) is 2.87. The molecule has 0 saturated heterocycles. The molecule has 1 atom stereocenters. The highest BCUT2D eigenvalue weighted by Gasteiger charge is 2.47. The topological polar surface area (TPSA) is 134 Å². The molecule has 2 N–H and O–H groups in total. The molecule has 39 heavy (non-hydrogen) atoms. The van der Waals surface area contributed by atoms with Crippen molar-refractivity contribution >= 4 is 46.8 Å². The van der Waals surface area contributed by atoms with Gasteiger partial charge in [-0.1, -0.05) is 45.0 Å². The Morgan fingerprint density at radius 2 is 1.90 bits per heavy atom. The van der Waals surface area contributed by atoms with Crippen LogP contribution in [0.25, 0.3) is 5.76 Å². The van der Waals surface area contributed by atoms with Gasteiger partial charge in [0, 0.05) is 29.6 Å². The lowest BCUT2D eigenvalue weighted by atomic mass is 9.64. The molecule has 0 saturated carbocycles. The SMILES string of the molecule is CCC1(CCC(C)C)C(=O)C(C2=NSc3cc([N+]([O-])([O-])C(=O)OC(C)(C)C)ccc3N2)=C(O)c2ccccc21. The molecule has 0 radical (unpaired) electrons. The summed E-state index contributed by atoms with van der Waals surface area (Å²) in [5, 5.41) is 39.7. The molecule has 4 rings (SSSR count). The molecular formula is C29H34N3O6S-. The van der Waals surface area contributed by atoms with Gasteiger partial charge in [0.2, 0.25) is 0 Å². The first-order chi connectivity index (χ1) is 18.2. The van der Waals surface area contributed by atoms with E-state index in [-0.39, 0.29) is 28.6 Å². The lowest BCUT2D eigenvalue weighted by molar-refractivity contribution is -0.121. The van der Waals surface area contributed by atoms with Crippen molar-refractivity contribution in [1.29, 1.82) is 0 Å². The standard InChI is InChI=1S/C29H34N3O6S/c1-7-29(15-14-17(2)3)20-11-9-8-10-19(20)24(33)23(25(29)34)26-30-21-13-12-18(16-22(21)39-31-26)32(36,37)27(35)38-28(4,5)6/h8-13,16-17,33H,7,14-15H2,1-6H3,(H,30,31)/q-1. The smallest absolute Gasteiger partial charge is 0.522 e. The van der Waals surface area contributed by atoms with Crippen molar-refractivity contribution in [3.8, 4) is 0 Å². The maximum Gasteiger partial charge on any atom is 0.522 e. The number of ether oxygens (including phenoxy) is 1. The summed E-state index contributed by atoms with van der Waals surface area (Å²) in [7, 11) is 0. The summed E-state index contributed by atoms with van der Waals surface area (Å²) in [5.41, 5.74) is -0.164. The third-order valence-corrected chi connectivity index (χ3v) is 7.82. The van der Waals surface area contributed by atoms with Crippen molar-refractivity contribution in [2.24, 2.45) is 10.3 Å². The van der Waals surface area contributed by atoms with Crippen LogP contribution in [0, 0.1) is 16.3 Å². The minimum atomic E-state index is -2.59. The van der Waals surface area contributed by atoms with Crippen molar-refractivity contribution in [3.05, 3.63) is 69.6 Å². The highest BCUT2D eigenvalue weighted by atomic mass is 32.2. The number of rotatable bonds is 6. The summed E-state index contributed by atoms with van der Waals surface area (Å²) in [4.78, 5) is 24.3. The summed E-state index contributed by atoms with van der Waals surface area (Å²) in [6.45, 7) is 10.9. The van der Waals surface area contributed by atoms with E-state index in [2.05, 4.69) is 23.6 Å². The zero-order valence-corrected chi connectivity index (χ0v) is 23.8. The molecule has 208 valence electrons. The number of hydrogen-bond acceptors (Lipinski definition) is 9. The number of carbonyl (C=O) groups excluding carboxylic acids is 2. The molecule has 0 spiro atoms. The Kier molecular flexibility index (Phi) is 7.70. The predicted octanol–water partition coefficient (Wildman–Crippen LogP) is 7.39. The lowest BCUT2D eigenvalue weighted by Crippen LogP contribution is -2.46. The maximum atomic E-state index is 14.2. The molecule has 1 heterocycles. The Hall–Kier alpha value is -3.18. The number of benzene rings is 2. The van der Waals surface area contributed by atoms with Crippen LogP contribution >= 0.6 is 11.9 Å². The van der Waals surface area contributed by atoms with Crippen molar-refractivity contribution < 1.29 is 19.4 Å². The Bertz CT molecular complexity index is 1380. The number of quaternary nitrogens is 1. The van der Waals surface area contributed by atoms with Crippen molar-refractivity contribution in [2.75, 3.05) is 5.32 Å². The van der Waals surface area contributed by atoms with Gasteiger partial charge in [-0.2, -0.15) is 9.19 Å². The second-order valence-electron chi connectivity index (χ2n) is 11.3. The molecule has 2 aromatic carbocycles. The Morgan fingerprint density at radius 1 is 1.21 bits per heavy atom. The van der Waals surface area contributed by atoms with Gasteiger partial charge in [0.15, 0.2) is 11.6 Å². The second-order valence-corrected chi connectivity index (χ2v) is 12.1. The number of fused-ring (bicyclic) bond motifs is 2. The van der Waals surface area contributed by atoms with Gasteiger partial charge < -0.3 is 25.6 Å². The van der Waals surface area contributed by atoms with Crippen LogP contribution in [0.5, 0.6) is 0 Å². The molecule has 1 aliphatic heterocycles. The minimum Gasteiger partial charge on any atom is -0.616 e. The van der Waals surface area contributed by atoms with Crippen LogP contribution in [0.3, 0.4) is 0 Å². The van der Waals surface area contributed by atoms with Gasteiger partial charge in [-0.3, -0.25) is 9.60 Å². The Morgan fingerprint density at radius 3 is 2.54 bits per heavy atom. The zero-order chi connectivity index (χ0) is 28.8. The minimum absolute atomic E-state index is 0.105. The predicted molar refractivity (Wildman–Crippen MR) is 155 cm³/mol. The number of nitrogens with zero attached hydrogens (tertiary/aromatic N) is 2. The van der Waals surface area contributed by atoms with Crippen molar-refractivity contribution in [2.45, 2.75) is 76.7 Å². The number of amides is 1. The first-order valence-corrected chi connectivity index (χ1v) is 13.8. The average molecular weight is 553 g/mol. The van der Waals surface area contributed by atoms with Gasteiger partial charge in [0.1, 0.15) is 22.6 Å². The molecule has 0 aromatic heterocycles. The third-order valence-electron chi connectivity index (χ3n) is 7.01. The van der Waals surface area contributed by atoms with Crippen molar-refractivity contribution in [3.63, 3.8) is 0 Å². The van der Waals surface area contributed by atoms with Gasteiger partial charge in [0.05, 0.1) is 16.0 Å². The van der Waals surface area contributed by atoms with Crippen LogP contribution in [0.15, 0.2) is 57.3 Å². The summed E-state index contributed by atoms with van der Waals surface area (Å²) >= 11 is 0.945. The van der Waals surface area contributed by atoms with Gasteiger partial charge >= 0.3 is 6.09 Å². The van der Waals surface area contributed by atoms with Crippen molar-refractivity contribution in [1.82, 2.24) is 4.81 Å². The summed E-state index contributed by atoms with van der Waals surface area (Å²) in [6, 6.07) is 11.4. The largest absolute Gasteiger partial charge is 0.616 e. The quantitative estimate of drug-likeness (QED) is 0.215. The second kappa shape index (κ2) is 10.4. The van der Waals surface area contributed by atoms with Crippen LogP contribution in [-0.4, -0.2) is 28.4 Å². The van der Waals surface area contributed by atoms with E-state index in [1.807, 2.05) is 31.2 Å². The molecule has 0 fully saturated rings. The van der Waals surface area contributed by atoms with E-state index in [0.717, 1.165) is 23.9 Å². The fraction of sp³-hybridized carbons (Fsp3) is 0.414. The first-order valence-electron chi connectivity index (χ1n) is 13.0. The van der Waals surface area contributed by atoms with Gasteiger partial charge in [-0.15, -0.1) is 0 Å². The number of ketones is 1. The van der Waals surface area contributed by atoms with Crippen LogP contribution in [0.2, 0.25) is 0 Å². The number of nitrogens with one attached hydrogen (secondary N) is 1. The summed E-state index contributed by atoms with van der Waals surface area (Å²) < 4.78 is 9.45. The van der Waals surface area contributed by atoms with Gasteiger partial charge in [-0.25, -0.2) is 0 Å². The Balaban J connectivity index is 1.70. The molecular weight excluding hydrogens is 518 g/mol. The summed E-state index contributed by atoms with van der Waals surface area (Å²) in [6.07, 6.45) is 0.555. The molecule has 1 aliphatic carbocycles. The molecule has 0 bridgehead atoms. The van der Waals surface area contributed by atoms with Crippen LogP contribution < -0.4 is 10.1 Å². The van der Waals surface area contributed by atoms with E-state index in [0.29, 0.717) is 34.9 Å². The number of hydrogen-bond donors (Lipinski definition) is 2. The van der Waals surface area contributed by atoms with E-state index in [4.69, 9.17) is 4.74 Å². The number of Topliss-reactive ketones (excluding diaryl/α,β-unsaturated/α-hetero) is 1. The molecule has 2 aromatic rings. The number of aliphatic hydroxyl groups is 1. The number of amidine groups is 1. The molecule has 10 heteroatoms. The number of hydroxylamine groups is 2. The zero-order valence-electron chi connectivity index (χ0n) is 23.0. The Labute approximate surface area is 232 Å². The fourth-order valence-electron chi connectivity index (χ4n) is 4.90. The van der Waals surface area contributed by atoms with E-state index in [1.54, 1.807) is 20.8 Å². The molecule has 2 aliphatic rings. The van der Waals surface area contributed by atoms with Gasteiger partial charge in [-0.05, 0) is 57.6 Å². The van der Waals surface area contributed by atoms with Crippen LogP contribution in [0.1, 0.15) is 71.9 Å². The molecule has 9 nitrogen and oxygen atoms in total. The molecule has 1 amide bonds. The maximum absolute atomic E-state index is 14.2. The first kappa shape index (κ1) is 28.8. The summed E-state index contributed by atoms with van der Waals surface area (Å²) in [5.74, 6) is 0.243. The number of anilines is 1. The third kappa shape index (κ3) is 5.34.